The summed E-state index contributed by atoms with van der Waals surface area (Å²) in [6.45, 7) is 2.48. The molecule has 2 atom stereocenters. The normalized spacial score (nSPS) is 24.9. The molecule has 0 bridgehead atoms. The van der Waals surface area contributed by atoms with E-state index in [2.05, 4.69) is 4.98 Å². The predicted octanol–water partition coefficient (Wildman–Crippen LogP) is 1.25. The SMILES string of the molecule is CC(CN)c1coc(CC2CCCCS2(=O)=O)n1. The van der Waals surface area contributed by atoms with Gasteiger partial charge in [0.2, 0.25) is 0 Å². The van der Waals surface area contributed by atoms with E-state index in [-0.39, 0.29) is 11.2 Å². The van der Waals surface area contributed by atoms with Crippen LogP contribution in [0.15, 0.2) is 10.7 Å². The quantitative estimate of drug-likeness (QED) is 0.891. The third-order valence-electron chi connectivity index (χ3n) is 3.54. The largest absolute Gasteiger partial charge is 0.449 e. The summed E-state index contributed by atoms with van der Waals surface area (Å²) in [5.74, 6) is 0.955. The molecule has 102 valence electrons. The first-order valence-corrected chi connectivity index (χ1v) is 8.10. The molecule has 0 radical (unpaired) electrons. The number of oxazole rings is 1. The fourth-order valence-electron chi connectivity index (χ4n) is 2.21. The van der Waals surface area contributed by atoms with Gasteiger partial charge in [0.05, 0.1) is 16.7 Å². The molecule has 0 spiro atoms. The molecule has 0 saturated carbocycles. The van der Waals surface area contributed by atoms with Crippen LogP contribution in [0, 0.1) is 0 Å². The molecule has 0 aromatic carbocycles. The van der Waals surface area contributed by atoms with Crippen LogP contribution in [0.2, 0.25) is 0 Å². The van der Waals surface area contributed by atoms with Crippen molar-refractivity contribution in [3.63, 3.8) is 0 Å². The van der Waals surface area contributed by atoms with Gasteiger partial charge in [0, 0.05) is 18.9 Å². The predicted molar refractivity (Wildman–Crippen MR) is 69.1 cm³/mol. The van der Waals surface area contributed by atoms with E-state index in [0.29, 0.717) is 31.0 Å². The molecular weight excluding hydrogens is 252 g/mol. The smallest absolute Gasteiger partial charge is 0.195 e. The molecule has 0 amide bonds. The first kappa shape index (κ1) is 13.5. The van der Waals surface area contributed by atoms with E-state index in [1.807, 2.05) is 6.92 Å². The van der Waals surface area contributed by atoms with Crippen LogP contribution < -0.4 is 5.73 Å². The van der Waals surface area contributed by atoms with E-state index in [1.165, 1.54) is 0 Å². The van der Waals surface area contributed by atoms with Crippen molar-refractivity contribution in [2.75, 3.05) is 12.3 Å². The first-order valence-electron chi connectivity index (χ1n) is 6.39. The highest BCUT2D eigenvalue weighted by molar-refractivity contribution is 7.92. The minimum Gasteiger partial charge on any atom is -0.449 e. The van der Waals surface area contributed by atoms with Crippen LogP contribution in [-0.4, -0.2) is 30.9 Å². The Morgan fingerprint density at radius 3 is 3.00 bits per heavy atom. The Bertz CT molecular complexity index is 495. The number of hydrogen-bond donors (Lipinski definition) is 1. The number of hydrogen-bond acceptors (Lipinski definition) is 5. The maximum Gasteiger partial charge on any atom is 0.195 e. The van der Waals surface area contributed by atoms with E-state index < -0.39 is 9.84 Å². The maximum absolute atomic E-state index is 11.9. The number of nitrogens with zero attached hydrogens (tertiary/aromatic N) is 1. The summed E-state index contributed by atoms with van der Waals surface area (Å²) in [7, 11) is -2.96. The first-order chi connectivity index (χ1) is 8.53. The summed E-state index contributed by atoms with van der Waals surface area (Å²) in [4.78, 5) is 4.33. The molecule has 0 aliphatic carbocycles. The number of nitrogens with two attached hydrogens (primary N) is 1. The second-order valence-corrected chi connectivity index (χ2v) is 7.39. The lowest BCUT2D eigenvalue weighted by molar-refractivity contribution is 0.466. The zero-order valence-corrected chi connectivity index (χ0v) is 11.4. The average molecular weight is 272 g/mol. The topological polar surface area (TPSA) is 86.2 Å². The summed E-state index contributed by atoms with van der Waals surface area (Å²) in [5.41, 5.74) is 6.37. The highest BCUT2D eigenvalue weighted by atomic mass is 32.2. The second-order valence-electron chi connectivity index (χ2n) is 4.99. The molecule has 5 nitrogen and oxygen atoms in total. The van der Waals surface area contributed by atoms with Gasteiger partial charge >= 0.3 is 0 Å². The van der Waals surface area contributed by atoms with Crippen molar-refractivity contribution in [1.29, 1.82) is 0 Å². The van der Waals surface area contributed by atoms with Gasteiger partial charge < -0.3 is 10.2 Å². The fraction of sp³-hybridized carbons (Fsp3) is 0.750. The molecule has 1 aliphatic rings. The van der Waals surface area contributed by atoms with Gasteiger partial charge in [-0.05, 0) is 12.8 Å². The third kappa shape index (κ3) is 2.92. The average Bonchev–Trinajstić information content (AvgIpc) is 2.79. The molecule has 1 fully saturated rings. The van der Waals surface area contributed by atoms with Crippen LogP contribution in [-0.2, 0) is 16.3 Å². The van der Waals surface area contributed by atoms with Crippen molar-refractivity contribution in [3.8, 4) is 0 Å². The summed E-state index contributed by atoms with van der Waals surface area (Å²) >= 11 is 0. The lowest BCUT2D eigenvalue weighted by atomic mass is 10.1. The highest BCUT2D eigenvalue weighted by Gasteiger charge is 2.30. The molecule has 2 heterocycles. The fourth-order valence-corrected chi connectivity index (χ4v) is 4.07. The molecule has 18 heavy (non-hydrogen) atoms. The van der Waals surface area contributed by atoms with Crippen LogP contribution in [0.3, 0.4) is 0 Å². The van der Waals surface area contributed by atoms with Gasteiger partial charge in [-0.25, -0.2) is 13.4 Å². The minimum absolute atomic E-state index is 0.144. The van der Waals surface area contributed by atoms with E-state index in [9.17, 15) is 8.42 Å². The summed E-state index contributed by atoms with van der Waals surface area (Å²) in [6, 6.07) is 0. The Kier molecular flexibility index (Phi) is 4.07. The Balaban J connectivity index is 2.07. The lowest BCUT2D eigenvalue weighted by Crippen LogP contribution is -2.30. The molecule has 1 aromatic rings. The molecule has 1 aromatic heterocycles. The van der Waals surface area contributed by atoms with Crippen molar-refractivity contribution < 1.29 is 12.8 Å². The summed E-state index contributed by atoms with van der Waals surface area (Å²) in [6.07, 6.45) is 4.44. The van der Waals surface area contributed by atoms with Gasteiger partial charge in [-0.3, -0.25) is 0 Å². The van der Waals surface area contributed by atoms with Gasteiger partial charge in [0.15, 0.2) is 15.7 Å². The molecule has 2 N–H and O–H groups in total. The lowest BCUT2D eigenvalue weighted by Gasteiger charge is -2.20. The van der Waals surface area contributed by atoms with Crippen molar-refractivity contribution in [2.45, 2.75) is 43.8 Å². The summed E-state index contributed by atoms with van der Waals surface area (Å²) < 4.78 is 29.1. The standard InChI is InChI=1S/C12H20N2O3S/c1-9(7-13)11-8-17-12(14-11)6-10-4-2-3-5-18(10,15)16/h8-10H,2-7,13H2,1H3. The number of aromatic nitrogens is 1. The molecule has 2 rings (SSSR count). The molecule has 2 unspecified atom stereocenters. The van der Waals surface area contributed by atoms with Crippen LogP contribution in [0.25, 0.3) is 0 Å². The number of rotatable bonds is 4. The van der Waals surface area contributed by atoms with Gasteiger partial charge in [0.1, 0.15) is 6.26 Å². The van der Waals surface area contributed by atoms with Gasteiger partial charge in [0.25, 0.3) is 0 Å². The van der Waals surface area contributed by atoms with E-state index in [1.54, 1.807) is 6.26 Å². The van der Waals surface area contributed by atoms with Crippen molar-refractivity contribution in [2.24, 2.45) is 5.73 Å². The molecule has 1 aliphatic heterocycles. The Morgan fingerprint density at radius 1 is 1.56 bits per heavy atom. The van der Waals surface area contributed by atoms with Crippen LogP contribution >= 0.6 is 0 Å². The zero-order valence-electron chi connectivity index (χ0n) is 10.6. The van der Waals surface area contributed by atoms with E-state index >= 15 is 0 Å². The van der Waals surface area contributed by atoms with E-state index in [4.69, 9.17) is 10.2 Å². The van der Waals surface area contributed by atoms with Crippen LogP contribution in [0.5, 0.6) is 0 Å². The molecule has 1 saturated heterocycles. The van der Waals surface area contributed by atoms with Gasteiger partial charge in [-0.15, -0.1) is 0 Å². The van der Waals surface area contributed by atoms with E-state index in [0.717, 1.165) is 18.5 Å². The monoisotopic (exact) mass is 272 g/mol. The number of sulfone groups is 1. The molecular formula is C12H20N2O3S. The molecule has 6 heteroatoms. The summed E-state index contributed by atoms with van der Waals surface area (Å²) in [5, 5.41) is -0.328. The van der Waals surface area contributed by atoms with Gasteiger partial charge in [-0.2, -0.15) is 0 Å². The third-order valence-corrected chi connectivity index (χ3v) is 5.82. The van der Waals surface area contributed by atoms with Gasteiger partial charge in [-0.1, -0.05) is 13.3 Å². The van der Waals surface area contributed by atoms with Crippen LogP contribution in [0.4, 0.5) is 0 Å². The highest BCUT2D eigenvalue weighted by Crippen LogP contribution is 2.23. The Labute approximate surface area is 108 Å². The van der Waals surface area contributed by atoms with Crippen molar-refractivity contribution in [1.82, 2.24) is 4.98 Å². The Morgan fingerprint density at radius 2 is 2.33 bits per heavy atom. The van der Waals surface area contributed by atoms with Crippen molar-refractivity contribution >= 4 is 9.84 Å². The van der Waals surface area contributed by atoms with Crippen molar-refractivity contribution in [3.05, 3.63) is 17.8 Å². The minimum atomic E-state index is -2.96. The van der Waals surface area contributed by atoms with Crippen LogP contribution in [0.1, 0.15) is 43.7 Å². The second kappa shape index (κ2) is 5.40. The maximum atomic E-state index is 11.9. The zero-order chi connectivity index (χ0) is 13.2. The Hall–Kier alpha value is -0.880.